The number of benzene rings is 1. The zero-order valence-electron chi connectivity index (χ0n) is 25.6. The Morgan fingerprint density at radius 3 is 2.31 bits per heavy atom. The maximum absolute atomic E-state index is 11.9. The number of aliphatic hydroxyl groups is 1. The molecule has 0 amide bonds. The van der Waals surface area contributed by atoms with Crippen molar-refractivity contribution in [2.24, 2.45) is 11.8 Å². The van der Waals surface area contributed by atoms with E-state index < -0.39 is 20.1 Å². The van der Waals surface area contributed by atoms with Gasteiger partial charge in [0.05, 0.1) is 12.7 Å². The van der Waals surface area contributed by atoms with Gasteiger partial charge in [-0.05, 0) is 73.7 Å². The predicted molar refractivity (Wildman–Crippen MR) is 163 cm³/mol. The first kappa shape index (κ1) is 33.7. The van der Waals surface area contributed by atoms with Gasteiger partial charge in [-0.1, -0.05) is 109 Å². The molecule has 1 aliphatic rings. The maximum atomic E-state index is 11.9. The van der Waals surface area contributed by atoms with Crippen LogP contribution in [0.5, 0.6) is 0 Å². The second-order valence-electron chi connectivity index (χ2n) is 13.1. The number of carboxylic acids is 1. The fourth-order valence-electron chi connectivity index (χ4n) is 5.47. The molecule has 1 aromatic carbocycles. The zero-order chi connectivity index (χ0) is 28.9. The lowest BCUT2D eigenvalue weighted by molar-refractivity contribution is -0.182. The van der Waals surface area contributed by atoms with Crippen molar-refractivity contribution in [2.75, 3.05) is 0 Å². The van der Waals surface area contributed by atoms with Crippen LogP contribution in [0.15, 0.2) is 42.5 Å². The van der Waals surface area contributed by atoms with Crippen LogP contribution >= 0.6 is 0 Å². The van der Waals surface area contributed by atoms with Gasteiger partial charge in [0.2, 0.25) is 0 Å². The van der Waals surface area contributed by atoms with Crippen molar-refractivity contribution >= 4 is 14.3 Å². The molecule has 0 spiro atoms. The third-order valence-electron chi connectivity index (χ3n) is 8.92. The molecule has 1 aromatic rings. The van der Waals surface area contributed by atoms with Crippen LogP contribution in [0.4, 0.5) is 0 Å². The summed E-state index contributed by atoms with van der Waals surface area (Å²) in [5, 5.41) is 20.4. The fourth-order valence-corrected chi connectivity index (χ4v) is 6.71. The Labute approximate surface area is 239 Å². The predicted octanol–water partition coefficient (Wildman–Crippen LogP) is 8.87. The van der Waals surface area contributed by atoms with E-state index in [1.165, 1.54) is 63.0 Å². The molecule has 0 bridgehead atoms. The number of hydrogen-bond acceptors (Lipinski definition) is 4. The first-order valence-electron chi connectivity index (χ1n) is 15.4. The lowest BCUT2D eigenvalue weighted by Crippen LogP contribution is -2.52. The molecule has 2 rings (SSSR count). The number of hydrogen-bond donors (Lipinski definition) is 2. The number of carbonyl (C=O) groups is 1. The molecular weight excluding hydrogens is 504 g/mol. The molecule has 39 heavy (non-hydrogen) atoms. The standard InChI is InChI=1S/C33H56O5Si/c1-7-8-9-10-11-16-21-28-23-24-30(37-26-27-19-14-12-15-20-27)29(28)22-17-13-18-25-33(36,31(34)35)38-39(5,6)32(2,3)4/h12,14-15,18-20,25,28-30,36H,7-11,13,16-17,21-24,26H2,1-6H3,(H,34,35)/t28-,29+,30-,33?/m0/s1. The van der Waals surface area contributed by atoms with Gasteiger partial charge in [-0.3, -0.25) is 0 Å². The van der Waals surface area contributed by atoms with Crippen molar-refractivity contribution in [1.29, 1.82) is 0 Å². The molecule has 2 N–H and O–H groups in total. The minimum atomic E-state index is -2.47. The van der Waals surface area contributed by atoms with Gasteiger partial charge in [-0.15, -0.1) is 0 Å². The molecule has 6 heteroatoms. The Bertz CT molecular complexity index is 863. The average molecular weight is 561 g/mol. The molecule has 1 unspecified atom stereocenters. The summed E-state index contributed by atoms with van der Waals surface area (Å²) in [4.78, 5) is 11.9. The molecule has 0 aromatic heterocycles. The van der Waals surface area contributed by atoms with Crippen LogP contribution < -0.4 is 0 Å². The van der Waals surface area contributed by atoms with E-state index in [2.05, 4.69) is 31.2 Å². The molecule has 0 saturated heterocycles. The van der Waals surface area contributed by atoms with Gasteiger partial charge in [-0.2, -0.15) is 0 Å². The minimum Gasteiger partial charge on any atom is -0.477 e. The Balaban J connectivity index is 1.95. The van der Waals surface area contributed by atoms with Crippen molar-refractivity contribution in [1.82, 2.24) is 0 Å². The van der Waals surface area contributed by atoms with E-state index in [0.29, 0.717) is 24.9 Å². The summed E-state index contributed by atoms with van der Waals surface area (Å²) in [5.41, 5.74) is 1.22. The van der Waals surface area contributed by atoms with Crippen LogP contribution in [-0.4, -0.2) is 36.4 Å². The van der Waals surface area contributed by atoms with E-state index in [1.807, 2.05) is 39.9 Å². The van der Waals surface area contributed by atoms with Crippen LogP contribution in [0, 0.1) is 11.8 Å². The average Bonchev–Trinajstić information content (AvgIpc) is 3.25. The highest BCUT2D eigenvalue weighted by Gasteiger charge is 2.47. The number of carboxylic acid groups (broad SMARTS) is 1. The molecule has 5 nitrogen and oxygen atoms in total. The normalized spacial score (nSPS) is 21.9. The Hall–Kier alpha value is -1.47. The molecule has 1 fully saturated rings. The summed E-state index contributed by atoms with van der Waals surface area (Å²) >= 11 is 0. The number of rotatable bonds is 18. The van der Waals surface area contributed by atoms with Crippen molar-refractivity contribution in [3.05, 3.63) is 48.0 Å². The van der Waals surface area contributed by atoms with Crippen molar-refractivity contribution in [3.63, 3.8) is 0 Å². The molecular formula is C33H56O5Si. The summed E-state index contributed by atoms with van der Waals surface area (Å²) in [5.74, 6) is -2.41. The quantitative estimate of drug-likeness (QED) is 0.0811. The van der Waals surface area contributed by atoms with Gasteiger partial charge in [0.25, 0.3) is 5.79 Å². The zero-order valence-corrected chi connectivity index (χ0v) is 26.6. The van der Waals surface area contributed by atoms with Crippen LogP contribution in [0.25, 0.3) is 0 Å². The Morgan fingerprint density at radius 2 is 1.67 bits per heavy atom. The lowest BCUT2D eigenvalue weighted by Gasteiger charge is -2.40. The number of unbranched alkanes of at least 4 members (excludes halogenated alkanes) is 6. The second-order valence-corrected chi connectivity index (χ2v) is 17.8. The smallest absolute Gasteiger partial charge is 0.367 e. The highest BCUT2D eigenvalue weighted by molar-refractivity contribution is 6.74. The molecule has 0 aliphatic heterocycles. The summed E-state index contributed by atoms with van der Waals surface area (Å²) < 4.78 is 12.4. The van der Waals surface area contributed by atoms with Crippen LogP contribution in [0.3, 0.4) is 0 Å². The fraction of sp³-hybridized carbons (Fsp3) is 0.727. The third-order valence-corrected chi connectivity index (χ3v) is 13.3. The third kappa shape index (κ3) is 11.1. The van der Waals surface area contributed by atoms with Crippen molar-refractivity contribution in [3.8, 4) is 0 Å². The van der Waals surface area contributed by atoms with E-state index in [1.54, 1.807) is 6.08 Å². The van der Waals surface area contributed by atoms with Crippen LogP contribution in [0.2, 0.25) is 18.1 Å². The summed E-state index contributed by atoms with van der Waals surface area (Å²) in [6.45, 7) is 12.9. The van der Waals surface area contributed by atoms with E-state index in [9.17, 15) is 15.0 Å². The highest BCUT2D eigenvalue weighted by atomic mass is 28.4. The molecule has 0 heterocycles. The second kappa shape index (κ2) is 16.1. The summed E-state index contributed by atoms with van der Waals surface area (Å²) in [7, 11) is -2.47. The van der Waals surface area contributed by atoms with E-state index in [4.69, 9.17) is 9.16 Å². The van der Waals surface area contributed by atoms with Gasteiger partial charge in [0, 0.05) is 0 Å². The lowest BCUT2D eigenvalue weighted by atomic mass is 9.86. The van der Waals surface area contributed by atoms with E-state index >= 15 is 0 Å². The topological polar surface area (TPSA) is 76.0 Å². The van der Waals surface area contributed by atoms with Gasteiger partial charge in [0.15, 0.2) is 8.32 Å². The molecule has 0 radical (unpaired) electrons. The summed E-state index contributed by atoms with van der Waals surface area (Å²) in [6.07, 6.45) is 17.7. The Kier molecular flexibility index (Phi) is 13.9. The van der Waals surface area contributed by atoms with Crippen molar-refractivity contribution < 1.29 is 24.2 Å². The molecule has 222 valence electrons. The molecule has 1 saturated carbocycles. The van der Waals surface area contributed by atoms with Gasteiger partial charge in [0.1, 0.15) is 0 Å². The van der Waals surface area contributed by atoms with Gasteiger partial charge >= 0.3 is 5.97 Å². The molecule has 1 aliphatic carbocycles. The van der Waals surface area contributed by atoms with Gasteiger partial charge in [-0.25, -0.2) is 4.79 Å². The SMILES string of the molecule is CCCCCCCC[C@H]1CC[C@H](OCc2ccccc2)[C@@H]1CCCC=CC(O)(O[Si](C)(C)C(C)(C)C)C(=O)O. The number of ether oxygens (including phenoxy) is 1. The first-order chi connectivity index (χ1) is 18.4. The van der Waals surface area contributed by atoms with Crippen LogP contribution in [-0.2, 0) is 20.6 Å². The van der Waals surface area contributed by atoms with E-state index in [-0.39, 0.29) is 11.1 Å². The summed E-state index contributed by atoms with van der Waals surface area (Å²) in [6, 6.07) is 10.4. The van der Waals surface area contributed by atoms with Crippen LogP contribution in [0.1, 0.15) is 110 Å². The van der Waals surface area contributed by atoms with E-state index in [0.717, 1.165) is 19.3 Å². The highest BCUT2D eigenvalue weighted by Crippen LogP contribution is 2.41. The van der Waals surface area contributed by atoms with Gasteiger partial charge < -0.3 is 19.4 Å². The molecule has 4 atom stereocenters. The maximum Gasteiger partial charge on any atom is 0.367 e. The minimum absolute atomic E-state index is 0.202. The Morgan fingerprint density at radius 1 is 1.00 bits per heavy atom. The number of allylic oxidation sites excluding steroid dienone is 1. The number of aliphatic carboxylic acids is 1. The largest absolute Gasteiger partial charge is 0.477 e. The first-order valence-corrected chi connectivity index (χ1v) is 18.3. The van der Waals surface area contributed by atoms with Crippen molar-refractivity contribution in [2.45, 2.75) is 141 Å². The monoisotopic (exact) mass is 560 g/mol.